The molecule has 1 saturated heterocycles. The SMILES string of the molecule is COc1cc(CO)c(CN2CCOCC2)c(O)c1C(=O)/C=C/c1ccco1. The molecule has 0 unspecified atom stereocenters. The molecule has 0 aliphatic carbocycles. The lowest BCUT2D eigenvalue weighted by molar-refractivity contribution is 0.0336. The van der Waals surface area contributed by atoms with Crippen LogP contribution in [0.5, 0.6) is 11.5 Å². The van der Waals surface area contributed by atoms with Crippen LogP contribution in [0, 0.1) is 0 Å². The number of ether oxygens (including phenoxy) is 2. The summed E-state index contributed by atoms with van der Waals surface area (Å²) in [7, 11) is 1.42. The van der Waals surface area contributed by atoms with Gasteiger partial charge >= 0.3 is 0 Å². The van der Waals surface area contributed by atoms with Crippen molar-refractivity contribution in [1.29, 1.82) is 0 Å². The molecule has 27 heavy (non-hydrogen) atoms. The lowest BCUT2D eigenvalue weighted by Crippen LogP contribution is -2.36. The smallest absolute Gasteiger partial charge is 0.193 e. The first-order valence-electron chi connectivity index (χ1n) is 8.72. The van der Waals surface area contributed by atoms with E-state index in [4.69, 9.17) is 13.9 Å². The summed E-state index contributed by atoms with van der Waals surface area (Å²) in [5.41, 5.74) is 1.12. The number of aromatic hydroxyl groups is 1. The Balaban J connectivity index is 1.95. The number of hydrogen-bond donors (Lipinski definition) is 2. The van der Waals surface area contributed by atoms with E-state index in [1.54, 1.807) is 18.2 Å². The number of carbonyl (C=O) groups excluding carboxylic acids is 1. The summed E-state index contributed by atoms with van der Waals surface area (Å²) < 4.78 is 15.8. The molecule has 0 atom stereocenters. The molecule has 0 saturated carbocycles. The molecular formula is C20H23NO6. The Morgan fingerprint density at radius 2 is 2.15 bits per heavy atom. The van der Waals surface area contributed by atoms with Crippen LogP contribution in [0.15, 0.2) is 35.0 Å². The number of benzene rings is 1. The van der Waals surface area contributed by atoms with Crippen LogP contribution >= 0.6 is 0 Å². The zero-order valence-electron chi connectivity index (χ0n) is 15.2. The van der Waals surface area contributed by atoms with Gasteiger partial charge in [-0.15, -0.1) is 0 Å². The van der Waals surface area contributed by atoms with Crippen LogP contribution in [-0.4, -0.2) is 54.3 Å². The number of carbonyl (C=O) groups is 1. The summed E-state index contributed by atoms with van der Waals surface area (Å²) in [5.74, 6) is 0.172. The zero-order chi connectivity index (χ0) is 19.2. The molecule has 144 valence electrons. The number of methoxy groups -OCH3 is 1. The maximum Gasteiger partial charge on any atom is 0.193 e. The molecule has 1 aromatic heterocycles. The van der Waals surface area contributed by atoms with Crippen LogP contribution in [0.3, 0.4) is 0 Å². The zero-order valence-corrected chi connectivity index (χ0v) is 15.2. The Morgan fingerprint density at radius 1 is 1.37 bits per heavy atom. The van der Waals surface area contributed by atoms with Crippen LogP contribution in [-0.2, 0) is 17.9 Å². The fourth-order valence-electron chi connectivity index (χ4n) is 3.06. The second-order valence-electron chi connectivity index (χ2n) is 6.20. The molecule has 7 heteroatoms. The summed E-state index contributed by atoms with van der Waals surface area (Å²) >= 11 is 0. The third-order valence-corrected chi connectivity index (χ3v) is 4.53. The number of allylic oxidation sites excluding steroid dienone is 1. The van der Waals surface area contributed by atoms with Gasteiger partial charge in [-0.05, 0) is 35.9 Å². The highest BCUT2D eigenvalue weighted by Crippen LogP contribution is 2.36. The second kappa shape index (κ2) is 8.85. The summed E-state index contributed by atoms with van der Waals surface area (Å²) in [5, 5.41) is 20.6. The standard InChI is InChI=1S/C20H23NO6/c1-25-18-11-14(13-22)16(12-21-6-9-26-10-7-21)20(24)19(18)17(23)5-4-15-3-2-8-27-15/h2-5,8,11,22,24H,6-7,9-10,12-13H2,1H3/b5-4+. The van der Waals surface area contributed by atoms with Gasteiger partial charge in [-0.1, -0.05) is 0 Å². The van der Waals surface area contributed by atoms with Crippen LogP contribution in [0.4, 0.5) is 0 Å². The van der Waals surface area contributed by atoms with Crippen molar-refractivity contribution in [3.8, 4) is 11.5 Å². The van der Waals surface area contributed by atoms with Gasteiger partial charge < -0.3 is 24.1 Å². The van der Waals surface area contributed by atoms with Crippen molar-refractivity contribution in [1.82, 2.24) is 4.90 Å². The van der Waals surface area contributed by atoms with Crippen molar-refractivity contribution in [2.75, 3.05) is 33.4 Å². The van der Waals surface area contributed by atoms with E-state index in [0.717, 1.165) is 13.1 Å². The van der Waals surface area contributed by atoms with Crippen molar-refractivity contribution >= 4 is 11.9 Å². The molecule has 0 bridgehead atoms. The minimum Gasteiger partial charge on any atom is -0.507 e. The Labute approximate surface area is 157 Å². The molecule has 0 radical (unpaired) electrons. The van der Waals surface area contributed by atoms with Gasteiger partial charge in [0.15, 0.2) is 5.78 Å². The molecule has 1 aliphatic rings. The highest BCUT2D eigenvalue weighted by Gasteiger charge is 2.24. The van der Waals surface area contributed by atoms with Gasteiger partial charge in [0, 0.05) is 25.2 Å². The van der Waals surface area contributed by atoms with Gasteiger partial charge in [0.05, 0.1) is 33.2 Å². The van der Waals surface area contributed by atoms with E-state index >= 15 is 0 Å². The summed E-state index contributed by atoms with van der Waals surface area (Å²) in [4.78, 5) is 14.8. The van der Waals surface area contributed by atoms with Crippen molar-refractivity contribution in [3.05, 3.63) is 53.0 Å². The van der Waals surface area contributed by atoms with E-state index in [9.17, 15) is 15.0 Å². The molecular weight excluding hydrogens is 350 g/mol. The van der Waals surface area contributed by atoms with E-state index in [-0.39, 0.29) is 23.7 Å². The van der Waals surface area contributed by atoms with Crippen molar-refractivity contribution in [2.24, 2.45) is 0 Å². The van der Waals surface area contributed by atoms with Gasteiger partial charge in [-0.3, -0.25) is 9.69 Å². The summed E-state index contributed by atoms with van der Waals surface area (Å²) in [6, 6.07) is 5.04. The number of phenols is 1. The Bertz CT molecular complexity index is 806. The molecule has 1 aliphatic heterocycles. The molecule has 2 aromatic rings. The number of aliphatic hydroxyl groups excluding tert-OH is 1. The van der Waals surface area contributed by atoms with Crippen molar-refractivity contribution in [3.63, 3.8) is 0 Å². The maximum absolute atomic E-state index is 12.7. The van der Waals surface area contributed by atoms with Crippen molar-refractivity contribution in [2.45, 2.75) is 13.2 Å². The van der Waals surface area contributed by atoms with Crippen LogP contribution < -0.4 is 4.74 Å². The number of aliphatic hydroxyl groups is 1. The second-order valence-corrected chi connectivity index (χ2v) is 6.20. The Hall–Kier alpha value is -2.61. The van der Waals surface area contributed by atoms with E-state index < -0.39 is 5.78 Å². The molecule has 0 spiro atoms. The first-order valence-corrected chi connectivity index (χ1v) is 8.72. The first-order chi connectivity index (χ1) is 13.1. The lowest BCUT2D eigenvalue weighted by atomic mass is 9.97. The number of hydrogen-bond acceptors (Lipinski definition) is 7. The summed E-state index contributed by atoms with van der Waals surface area (Å²) in [6.07, 6.45) is 4.37. The third kappa shape index (κ3) is 4.39. The van der Waals surface area contributed by atoms with Gasteiger partial charge in [-0.2, -0.15) is 0 Å². The van der Waals surface area contributed by atoms with Crippen LogP contribution in [0.1, 0.15) is 27.2 Å². The molecule has 3 rings (SSSR count). The molecule has 0 amide bonds. The van der Waals surface area contributed by atoms with E-state index in [1.165, 1.54) is 25.5 Å². The van der Waals surface area contributed by atoms with Gasteiger partial charge in [0.2, 0.25) is 0 Å². The lowest BCUT2D eigenvalue weighted by Gasteiger charge is -2.28. The highest BCUT2D eigenvalue weighted by molar-refractivity contribution is 6.10. The van der Waals surface area contributed by atoms with Gasteiger partial charge in [0.25, 0.3) is 0 Å². The number of nitrogens with zero attached hydrogens (tertiary/aromatic N) is 1. The number of ketones is 1. The summed E-state index contributed by atoms with van der Waals surface area (Å²) in [6.45, 7) is 2.82. The average Bonchev–Trinajstić information content (AvgIpc) is 3.21. The highest BCUT2D eigenvalue weighted by atomic mass is 16.5. The maximum atomic E-state index is 12.7. The largest absolute Gasteiger partial charge is 0.507 e. The molecule has 2 heterocycles. The predicted molar refractivity (Wildman–Crippen MR) is 98.8 cm³/mol. The minimum absolute atomic E-state index is 0.0702. The topological polar surface area (TPSA) is 92.4 Å². The number of morpholine rings is 1. The normalized spacial score (nSPS) is 15.3. The third-order valence-electron chi connectivity index (χ3n) is 4.53. The van der Waals surface area contributed by atoms with Crippen LogP contribution in [0.2, 0.25) is 0 Å². The number of rotatable bonds is 7. The molecule has 1 aromatic carbocycles. The first kappa shape index (κ1) is 19.2. The Morgan fingerprint density at radius 3 is 2.78 bits per heavy atom. The fraction of sp³-hybridized carbons (Fsp3) is 0.350. The number of furan rings is 1. The van der Waals surface area contributed by atoms with E-state index in [2.05, 4.69) is 4.90 Å². The number of phenolic OH excluding ortho intramolecular Hbond substituents is 1. The Kier molecular flexibility index (Phi) is 6.28. The fourth-order valence-corrected chi connectivity index (χ4v) is 3.06. The average molecular weight is 373 g/mol. The molecule has 1 fully saturated rings. The van der Waals surface area contributed by atoms with Gasteiger partial charge in [-0.25, -0.2) is 0 Å². The molecule has 7 nitrogen and oxygen atoms in total. The monoisotopic (exact) mass is 373 g/mol. The minimum atomic E-state index is -0.409. The van der Waals surface area contributed by atoms with Crippen LogP contribution in [0.25, 0.3) is 6.08 Å². The van der Waals surface area contributed by atoms with Gasteiger partial charge in [0.1, 0.15) is 22.8 Å². The van der Waals surface area contributed by atoms with E-state index in [1.807, 2.05) is 0 Å². The quantitative estimate of drug-likeness (QED) is 0.568. The molecule has 2 N–H and O–H groups in total. The predicted octanol–water partition coefficient (Wildman–Crippen LogP) is 2.21. The van der Waals surface area contributed by atoms with Crippen molar-refractivity contribution < 1.29 is 28.9 Å². The van der Waals surface area contributed by atoms with E-state index in [0.29, 0.717) is 36.6 Å².